The van der Waals surface area contributed by atoms with Crippen molar-refractivity contribution in [1.82, 2.24) is 10.2 Å². The Morgan fingerprint density at radius 2 is 2.00 bits per heavy atom. The lowest BCUT2D eigenvalue weighted by Crippen LogP contribution is -2.05. The van der Waals surface area contributed by atoms with Crippen LogP contribution >= 0.6 is 0 Å². The zero-order chi connectivity index (χ0) is 15.1. The molecule has 0 aliphatic rings. The Balaban J connectivity index is 2.09. The number of rotatable bonds is 2. The molecule has 1 heterocycles. The summed E-state index contributed by atoms with van der Waals surface area (Å²) < 4.78 is 5.52. The quantitative estimate of drug-likeness (QED) is 0.342. The van der Waals surface area contributed by atoms with Gasteiger partial charge < -0.3 is 4.74 Å². The molecule has 0 radical (unpaired) electrons. The minimum atomic E-state index is -0.228. The van der Waals surface area contributed by atoms with E-state index >= 15 is 0 Å². The number of nitrogens with zero attached hydrogens (tertiary/aromatic N) is 1. The topological polar surface area (TPSA) is 55.0 Å². The fraction of sp³-hybridized carbons (Fsp3) is 0.111. The lowest BCUT2D eigenvalue weighted by molar-refractivity contribution is -0.133. The number of ether oxygens (including phenoxy) is 1. The van der Waals surface area contributed by atoms with E-state index in [1.54, 1.807) is 13.1 Å². The van der Waals surface area contributed by atoms with Gasteiger partial charge in [-0.05, 0) is 34.4 Å². The minimum Gasteiger partial charge on any atom is -0.426 e. The van der Waals surface area contributed by atoms with Crippen molar-refractivity contribution in [3.63, 3.8) is 0 Å². The number of carbonyl (C=O) groups excluding carboxylic acids is 1. The van der Waals surface area contributed by atoms with Crippen molar-refractivity contribution in [3.05, 3.63) is 48.7 Å². The van der Waals surface area contributed by atoms with Crippen LogP contribution in [0.1, 0.15) is 13.3 Å². The molecule has 1 aromatic heterocycles. The highest BCUT2D eigenvalue weighted by molar-refractivity contribution is 6.14. The Kier molecular flexibility index (Phi) is 2.82. The summed E-state index contributed by atoms with van der Waals surface area (Å²) in [7, 11) is 0. The summed E-state index contributed by atoms with van der Waals surface area (Å²) in [6.07, 6.45) is 2.15. The summed E-state index contributed by atoms with van der Waals surface area (Å²) in [6, 6.07) is 14.0. The molecule has 0 spiro atoms. The number of nitrogens with one attached hydrogen (secondary N) is 1. The van der Waals surface area contributed by atoms with Crippen LogP contribution in [0.5, 0.6) is 5.75 Å². The average Bonchev–Trinajstić information content (AvgIpc) is 2.99. The second-order valence-corrected chi connectivity index (χ2v) is 5.28. The lowest BCUT2D eigenvalue weighted by atomic mass is 10.00. The summed E-state index contributed by atoms with van der Waals surface area (Å²) >= 11 is 0. The largest absolute Gasteiger partial charge is 0.426 e. The van der Waals surface area contributed by atoms with Gasteiger partial charge in [-0.3, -0.25) is 9.89 Å². The average molecular weight is 290 g/mol. The fourth-order valence-electron chi connectivity index (χ4n) is 2.80. The summed E-state index contributed by atoms with van der Waals surface area (Å²) in [5.74, 6) is 0.381. The van der Waals surface area contributed by atoms with E-state index < -0.39 is 0 Å². The van der Waals surface area contributed by atoms with Gasteiger partial charge in [-0.1, -0.05) is 31.2 Å². The Morgan fingerprint density at radius 1 is 1.14 bits per heavy atom. The van der Waals surface area contributed by atoms with Crippen LogP contribution in [-0.2, 0) is 4.79 Å². The third-order valence-electron chi connectivity index (χ3n) is 3.89. The van der Waals surface area contributed by atoms with Crippen LogP contribution in [0.15, 0.2) is 48.7 Å². The summed E-state index contributed by atoms with van der Waals surface area (Å²) in [5.41, 5.74) is 0.995. The van der Waals surface area contributed by atoms with E-state index in [9.17, 15) is 4.79 Å². The van der Waals surface area contributed by atoms with Crippen LogP contribution in [0.25, 0.3) is 32.4 Å². The lowest BCUT2D eigenvalue weighted by Gasteiger charge is -2.10. The molecule has 108 valence electrons. The predicted octanol–water partition coefficient (Wildman–Crippen LogP) is 4.18. The first-order chi connectivity index (χ1) is 10.8. The first-order valence-electron chi connectivity index (χ1n) is 7.25. The highest BCUT2D eigenvalue weighted by atomic mass is 16.5. The molecule has 4 rings (SSSR count). The van der Waals surface area contributed by atoms with E-state index in [2.05, 4.69) is 28.4 Å². The maximum atomic E-state index is 11.7. The smallest absolute Gasteiger partial charge is 0.310 e. The first kappa shape index (κ1) is 12.8. The maximum absolute atomic E-state index is 11.7. The first-order valence-corrected chi connectivity index (χ1v) is 7.25. The summed E-state index contributed by atoms with van der Waals surface area (Å²) in [6.45, 7) is 1.79. The SMILES string of the molecule is CCC(=O)Oc1cccc2ccc3cc4[nH]ncc4cc3c12. The molecule has 0 fully saturated rings. The van der Waals surface area contributed by atoms with E-state index in [-0.39, 0.29) is 5.97 Å². The Bertz CT molecular complexity index is 1020. The maximum Gasteiger partial charge on any atom is 0.310 e. The monoisotopic (exact) mass is 290 g/mol. The number of aromatic amines is 1. The predicted molar refractivity (Wildman–Crippen MR) is 87.0 cm³/mol. The third kappa shape index (κ3) is 1.92. The van der Waals surface area contributed by atoms with E-state index in [0.29, 0.717) is 12.2 Å². The van der Waals surface area contributed by atoms with Gasteiger partial charge in [0.05, 0.1) is 11.7 Å². The molecule has 0 aliphatic heterocycles. The molecule has 3 aromatic carbocycles. The number of H-pyrrole nitrogens is 1. The van der Waals surface area contributed by atoms with Crippen LogP contribution in [0.4, 0.5) is 0 Å². The van der Waals surface area contributed by atoms with Gasteiger partial charge in [-0.15, -0.1) is 0 Å². The molecule has 4 heteroatoms. The molecular weight excluding hydrogens is 276 g/mol. The minimum absolute atomic E-state index is 0.228. The number of carbonyl (C=O) groups is 1. The Hall–Kier alpha value is -2.88. The highest BCUT2D eigenvalue weighted by Crippen LogP contribution is 2.34. The van der Waals surface area contributed by atoms with Gasteiger partial charge >= 0.3 is 5.97 Å². The second-order valence-electron chi connectivity index (χ2n) is 5.28. The van der Waals surface area contributed by atoms with Crippen molar-refractivity contribution < 1.29 is 9.53 Å². The van der Waals surface area contributed by atoms with Crippen molar-refractivity contribution in [2.24, 2.45) is 0 Å². The molecule has 0 amide bonds. The number of esters is 1. The van der Waals surface area contributed by atoms with Crippen LogP contribution in [-0.4, -0.2) is 16.2 Å². The highest BCUT2D eigenvalue weighted by Gasteiger charge is 2.11. The normalized spacial score (nSPS) is 11.3. The number of fused-ring (bicyclic) bond motifs is 4. The number of aromatic nitrogens is 2. The van der Waals surface area contributed by atoms with Crippen molar-refractivity contribution in [2.45, 2.75) is 13.3 Å². The van der Waals surface area contributed by atoms with Crippen LogP contribution in [0, 0.1) is 0 Å². The molecule has 22 heavy (non-hydrogen) atoms. The van der Waals surface area contributed by atoms with Crippen LogP contribution < -0.4 is 4.74 Å². The molecule has 4 aromatic rings. The molecule has 0 saturated carbocycles. The van der Waals surface area contributed by atoms with Gasteiger partial charge in [-0.25, -0.2) is 0 Å². The molecular formula is C18H14N2O2. The molecule has 0 aliphatic carbocycles. The van der Waals surface area contributed by atoms with Crippen molar-refractivity contribution >= 4 is 38.4 Å². The zero-order valence-electron chi connectivity index (χ0n) is 12.1. The number of hydrogen-bond acceptors (Lipinski definition) is 3. The molecule has 0 atom stereocenters. The fourth-order valence-corrected chi connectivity index (χ4v) is 2.80. The van der Waals surface area contributed by atoms with Crippen LogP contribution in [0.3, 0.4) is 0 Å². The van der Waals surface area contributed by atoms with Crippen molar-refractivity contribution in [2.75, 3.05) is 0 Å². The second kappa shape index (κ2) is 4.84. The van der Waals surface area contributed by atoms with Crippen molar-refractivity contribution in [1.29, 1.82) is 0 Å². The standard InChI is InChI=1S/C18H14N2O2/c1-2-17(21)22-16-5-3-4-11-6-7-12-9-15-13(10-19-20-15)8-14(12)18(11)16/h3-10H,2H2,1H3,(H,19,20). The van der Waals surface area contributed by atoms with Crippen LogP contribution in [0.2, 0.25) is 0 Å². The van der Waals surface area contributed by atoms with Gasteiger partial charge in [0.1, 0.15) is 5.75 Å². The van der Waals surface area contributed by atoms with E-state index in [1.165, 1.54) is 0 Å². The zero-order valence-corrected chi connectivity index (χ0v) is 12.1. The molecule has 4 nitrogen and oxygen atoms in total. The Labute approximate surface area is 126 Å². The van der Waals surface area contributed by atoms with E-state index in [0.717, 1.165) is 32.4 Å². The molecule has 0 saturated heterocycles. The summed E-state index contributed by atoms with van der Waals surface area (Å²) in [5, 5.41) is 12.3. The van der Waals surface area contributed by atoms with Gasteiger partial charge in [0.15, 0.2) is 0 Å². The molecule has 0 bridgehead atoms. The van der Waals surface area contributed by atoms with E-state index in [1.807, 2.05) is 24.3 Å². The Morgan fingerprint density at radius 3 is 2.86 bits per heavy atom. The van der Waals surface area contributed by atoms with E-state index in [4.69, 9.17) is 4.74 Å². The van der Waals surface area contributed by atoms with Crippen molar-refractivity contribution in [3.8, 4) is 5.75 Å². The molecule has 1 N–H and O–H groups in total. The van der Waals surface area contributed by atoms with Gasteiger partial charge in [0.2, 0.25) is 0 Å². The summed E-state index contributed by atoms with van der Waals surface area (Å²) in [4.78, 5) is 11.7. The molecule has 0 unspecified atom stereocenters. The van der Waals surface area contributed by atoms with Gasteiger partial charge in [0, 0.05) is 17.2 Å². The number of benzene rings is 3. The number of hydrogen-bond donors (Lipinski definition) is 1. The van der Waals surface area contributed by atoms with Gasteiger partial charge in [-0.2, -0.15) is 5.10 Å². The third-order valence-corrected chi connectivity index (χ3v) is 3.89. The van der Waals surface area contributed by atoms with Gasteiger partial charge in [0.25, 0.3) is 0 Å².